The molecule has 1 aliphatic heterocycles. The normalized spacial score (nSPS) is 25.4. The van der Waals surface area contributed by atoms with Crippen molar-refractivity contribution < 1.29 is 0 Å². The second-order valence-electron chi connectivity index (χ2n) is 2.52. The van der Waals surface area contributed by atoms with Crippen LogP contribution in [0.1, 0.15) is 13.8 Å². The average Bonchev–Trinajstić information content (AvgIpc) is 2.08. The Morgan fingerprint density at radius 1 is 1.56 bits per heavy atom. The minimum Gasteiger partial charge on any atom is -0.241 e. The van der Waals surface area contributed by atoms with Gasteiger partial charge in [0.1, 0.15) is 6.34 Å². The maximum Gasteiger partial charge on any atom is 0.176 e. The molecule has 0 aliphatic carbocycles. The highest BCUT2D eigenvalue weighted by Gasteiger charge is 2.25. The van der Waals surface area contributed by atoms with Crippen LogP contribution in [0.2, 0.25) is 0 Å². The summed E-state index contributed by atoms with van der Waals surface area (Å²) < 4.78 is -0.184. The number of hydrogen-bond donors (Lipinski definition) is 1. The molecular weight excluding hydrogens is 134 g/mol. The molecule has 1 aliphatic rings. The standard InChI is InChI=1S/C5H9N3S/c1-5(2,9)4-6-3-7-8-4/h3-4,9H,1-2H3. The molecule has 0 saturated heterocycles. The summed E-state index contributed by atoms with van der Waals surface area (Å²) in [4.78, 5) is 3.97. The molecule has 0 aromatic heterocycles. The van der Waals surface area contributed by atoms with Crippen molar-refractivity contribution >= 4 is 19.0 Å². The van der Waals surface area contributed by atoms with Crippen molar-refractivity contribution in [3.63, 3.8) is 0 Å². The number of hydrogen-bond acceptors (Lipinski definition) is 4. The predicted octanol–water partition coefficient (Wildman–Crippen LogP) is 1.51. The highest BCUT2D eigenvalue weighted by Crippen LogP contribution is 2.23. The van der Waals surface area contributed by atoms with Gasteiger partial charge in [-0.05, 0) is 13.8 Å². The van der Waals surface area contributed by atoms with E-state index in [1.54, 1.807) is 0 Å². The summed E-state index contributed by atoms with van der Waals surface area (Å²) in [5.41, 5.74) is 0. The van der Waals surface area contributed by atoms with Gasteiger partial charge < -0.3 is 0 Å². The van der Waals surface area contributed by atoms with E-state index in [9.17, 15) is 0 Å². The fraction of sp³-hybridized carbons (Fsp3) is 0.800. The molecule has 1 atom stereocenters. The molecule has 0 spiro atoms. The third-order valence-electron chi connectivity index (χ3n) is 1.07. The summed E-state index contributed by atoms with van der Waals surface area (Å²) in [6.45, 7) is 3.92. The lowest BCUT2D eigenvalue weighted by atomic mass is 10.1. The molecule has 50 valence electrons. The Balaban J connectivity index is 2.64. The van der Waals surface area contributed by atoms with E-state index in [0.717, 1.165) is 0 Å². The van der Waals surface area contributed by atoms with Crippen LogP contribution in [0.3, 0.4) is 0 Å². The molecule has 4 heteroatoms. The van der Waals surface area contributed by atoms with E-state index in [0.29, 0.717) is 0 Å². The quantitative estimate of drug-likeness (QED) is 0.540. The summed E-state index contributed by atoms with van der Waals surface area (Å²) in [5, 5.41) is 7.45. The van der Waals surface area contributed by atoms with Gasteiger partial charge in [-0.15, -0.1) is 5.11 Å². The van der Waals surface area contributed by atoms with E-state index < -0.39 is 0 Å². The van der Waals surface area contributed by atoms with Crippen molar-refractivity contribution in [1.82, 2.24) is 0 Å². The maximum absolute atomic E-state index is 4.28. The Bertz CT molecular complexity index is 144. The van der Waals surface area contributed by atoms with Gasteiger partial charge in [0.05, 0.1) is 4.75 Å². The Hall–Kier alpha value is -0.380. The second-order valence-corrected chi connectivity index (χ2v) is 3.68. The number of aliphatic imine (C=N–C) groups is 1. The molecule has 0 fully saturated rings. The smallest absolute Gasteiger partial charge is 0.176 e. The van der Waals surface area contributed by atoms with E-state index in [1.807, 2.05) is 13.8 Å². The van der Waals surface area contributed by atoms with Gasteiger partial charge in [0, 0.05) is 0 Å². The van der Waals surface area contributed by atoms with Gasteiger partial charge in [0.15, 0.2) is 6.17 Å². The number of rotatable bonds is 1. The van der Waals surface area contributed by atoms with Gasteiger partial charge in [-0.25, -0.2) is 4.99 Å². The minimum absolute atomic E-state index is 0.0965. The van der Waals surface area contributed by atoms with Crippen LogP contribution in [0.15, 0.2) is 15.2 Å². The highest BCUT2D eigenvalue weighted by molar-refractivity contribution is 7.81. The van der Waals surface area contributed by atoms with Gasteiger partial charge in [-0.1, -0.05) is 0 Å². The zero-order valence-electron chi connectivity index (χ0n) is 5.44. The van der Waals surface area contributed by atoms with E-state index in [2.05, 4.69) is 27.8 Å². The topological polar surface area (TPSA) is 37.1 Å². The SMILES string of the molecule is CC(C)(S)C1N=CN=N1. The van der Waals surface area contributed by atoms with Crippen LogP contribution >= 0.6 is 12.6 Å². The molecule has 0 aromatic rings. The van der Waals surface area contributed by atoms with Gasteiger partial charge in [-0.2, -0.15) is 17.7 Å². The molecule has 3 nitrogen and oxygen atoms in total. The minimum atomic E-state index is -0.184. The van der Waals surface area contributed by atoms with Gasteiger partial charge in [0.25, 0.3) is 0 Å². The van der Waals surface area contributed by atoms with Crippen LogP contribution in [0.25, 0.3) is 0 Å². The molecule has 0 radical (unpaired) electrons. The molecule has 0 saturated carbocycles. The largest absolute Gasteiger partial charge is 0.241 e. The molecule has 0 bridgehead atoms. The summed E-state index contributed by atoms with van der Waals surface area (Å²) >= 11 is 4.28. The van der Waals surface area contributed by atoms with E-state index >= 15 is 0 Å². The molecule has 1 heterocycles. The van der Waals surface area contributed by atoms with Crippen molar-refractivity contribution in [1.29, 1.82) is 0 Å². The molecule has 0 aromatic carbocycles. The predicted molar refractivity (Wildman–Crippen MR) is 40.2 cm³/mol. The average molecular weight is 143 g/mol. The Morgan fingerprint density at radius 2 is 2.22 bits per heavy atom. The fourth-order valence-corrected chi connectivity index (χ4v) is 0.658. The van der Waals surface area contributed by atoms with Crippen molar-refractivity contribution in [3.05, 3.63) is 0 Å². The monoisotopic (exact) mass is 143 g/mol. The molecule has 1 unspecified atom stereocenters. The van der Waals surface area contributed by atoms with Gasteiger partial charge >= 0.3 is 0 Å². The van der Waals surface area contributed by atoms with Crippen molar-refractivity contribution in [3.8, 4) is 0 Å². The van der Waals surface area contributed by atoms with E-state index in [1.165, 1.54) is 6.34 Å². The molecule has 0 N–H and O–H groups in total. The lowest BCUT2D eigenvalue weighted by Gasteiger charge is -2.18. The van der Waals surface area contributed by atoms with Crippen LogP contribution in [0.4, 0.5) is 0 Å². The van der Waals surface area contributed by atoms with Gasteiger partial charge in [0.2, 0.25) is 0 Å². The van der Waals surface area contributed by atoms with E-state index in [-0.39, 0.29) is 10.9 Å². The molecule has 0 amide bonds. The van der Waals surface area contributed by atoms with Crippen LogP contribution in [0, 0.1) is 0 Å². The first kappa shape index (κ1) is 6.74. The Kier molecular flexibility index (Phi) is 1.57. The first-order chi connectivity index (χ1) is 4.11. The molecule has 9 heavy (non-hydrogen) atoms. The third-order valence-corrected chi connectivity index (χ3v) is 1.30. The highest BCUT2D eigenvalue weighted by atomic mass is 32.1. The Labute approximate surface area is 59.7 Å². The zero-order valence-corrected chi connectivity index (χ0v) is 6.34. The summed E-state index contributed by atoms with van der Waals surface area (Å²) in [6.07, 6.45) is 1.36. The van der Waals surface area contributed by atoms with Crippen LogP contribution in [-0.4, -0.2) is 17.3 Å². The maximum atomic E-state index is 4.28. The summed E-state index contributed by atoms with van der Waals surface area (Å²) in [5.74, 6) is 0. The van der Waals surface area contributed by atoms with Gasteiger partial charge in [-0.3, -0.25) is 0 Å². The molecular formula is C5H9N3S. The first-order valence-electron chi connectivity index (χ1n) is 2.75. The van der Waals surface area contributed by atoms with Crippen molar-refractivity contribution in [2.45, 2.75) is 24.8 Å². The number of thiol groups is 1. The lowest BCUT2D eigenvalue weighted by Crippen LogP contribution is -2.25. The van der Waals surface area contributed by atoms with E-state index in [4.69, 9.17) is 0 Å². The van der Waals surface area contributed by atoms with Crippen LogP contribution < -0.4 is 0 Å². The fourth-order valence-electron chi connectivity index (χ4n) is 0.539. The summed E-state index contributed by atoms with van der Waals surface area (Å²) in [6, 6.07) is 0. The molecule has 1 rings (SSSR count). The summed E-state index contributed by atoms with van der Waals surface area (Å²) in [7, 11) is 0. The Morgan fingerprint density at radius 3 is 2.44 bits per heavy atom. The number of azo groups is 1. The lowest BCUT2D eigenvalue weighted by molar-refractivity contribution is 0.563. The number of nitrogens with zero attached hydrogens (tertiary/aromatic N) is 3. The van der Waals surface area contributed by atoms with Crippen LogP contribution in [0.5, 0.6) is 0 Å². The van der Waals surface area contributed by atoms with Crippen LogP contribution in [-0.2, 0) is 0 Å². The zero-order chi connectivity index (χ0) is 6.91. The van der Waals surface area contributed by atoms with Crippen molar-refractivity contribution in [2.75, 3.05) is 0 Å². The third kappa shape index (κ3) is 1.51. The first-order valence-corrected chi connectivity index (χ1v) is 3.19. The second kappa shape index (κ2) is 2.10. The van der Waals surface area contributed by atoms with Crippen molar-refractivity contribution in [2.24, 2.45) is 15.2 Å².